The van der Waals surface area contributed by atoms with Crippen LogP contribution in [0.25, 0.3) is 0 Å². The molecule has 0 aromatic heterocycles. The molecule has 1 aromatic rings. The quantitative estimate of drug-likeness (QED) is 0.335. The van der Waals surface area contributed by atoms with Crippen molar-refractivity contribution in [3.05, 3.63) is 29.8 Å². The van der Waals surface area contributed by atoms with Gasteiger partial charge < -0.3 is 24.9 Å². The molecule has 7 nitrogen and oxygen atoms in total. The number of aryl methyl sites for hydroxylation is 1. The number of para-hydroxylation sites is 1. The first-order valence-corrected chi connectivity index (χ1v) is 8.15. The van der Waals surface area contributed by atoms with Crippen LogP contribution in [0.4, 0.5) is 0 Å². The van der Waals surface area contributed by atoms with Crippen LogP contribution in [0, 0.1) is 6.92 Å². The van der Waals surface area contributed by atoms with Crippen LogP contribution in [0.2, 0.25) is 0 Å². The van der Waals surface area contributed by atoms with Crippen molar-refractivity contribution >= 4 is 11.7 Å². The molecule has 1 saturated heterocycles. The fourth-order valence-electron chi connectivity index (χ4n) is 2.26. The Balaban J connectivity index is 1.59. The van der Waals surface area contributed by atoms with Gasteiger partial charge in [-0.2, -0.15) is 0 Å². The van der Waals surface area contributed by atoms with Gasteiger partial charge in [0.2, 0.25) is 5.91 Å². The lowest BCUT2D eigenvalue weighted by atomic mass is 10.2. The predicted molar refractivity (Wildman–Crippen MR) is 90.9 cm³/mol. The number of oxime groups is 1. The van der Waals surface area contributed by atoms with Gasteiger partial charge in [0.05, 0.1) is 26.2 Å². The number of morpholine rings is 1. The van der Waals surface area contributed by atoms with Crippen LogP contribution >= 0.6 is 0 Å². The summed E-state index contributed by atoms with van der Waals surface area (Å²) in [4.78, 5) is 18.8. The van der Waals surface area contributed by atoms with E-state index in [1.807, 2.05) is 31.2 Å². The minimum absolute atomic E-state index is 0.0500. The van der Waals surface area contributed by atoms with Crippen molar-refractivity contribution in [1.29, 1.82) is 0 Å². The number of carbonyl (C=O) groups excluding carboxylic acids is 1. The van der Waals surface area contributed by atoms with Crippen LogP contribution in [0.5, 0.6) is 5.75 Å². The van der Waals surface area contributed by atoms with Gasteiger partial charge in [-0.15, -0.1) is 0 Å². The molecule has 24 heavy (non-hydrogen) atoms. The molecule has 0 saturated carbocycles. The second kappa shape index (κ2) is 9.77. The van der Waals surface area contributed by atoms with Crippen LogP contribution in [0.15, 0.2) is 29.4 Å². The van der Waals surface area contributed by atoms with Crippen molar-refractivity contribution < 1.29 is 19.1 Å². The molecule has 0 bridgehead atoms. The van der Waals surface area contributed by atoms with E-state index in [2.05, 4.69) is 5.16 Å². The van der Waals surface area contributed by atoms with E-state index in [-0.39, 0.29) is 18.2 Å². The molecule has 2 N–H and O–H groups in total. The van der Waals surface area contributed by atoms with E-state index in [1.165, 1.54) is 0 Å². The zero-order valence-electron chi connectivity index (χ0n) is 14.1. The molecule has 0 unspecified atom stereocenters. The van der Waals surface area contributed by atoms with Gasteiger partial charge in [0.1, 0.15) is 18.2 Å². The molecular formula is C17H25N3O4. The van der Waals surface area contributed by atoms with E-state index < -0.39 is 0 Å². The summed E-state index contributed by atoms with van der Waals surface area (Å²) in [7, 11) is 0. The maximum Gasteiger partial charge on any atom is 0.230 e. The van der Waals surface area contributed by atoms with E-state index in [0.29, 0.717) is 45.9 Å². The van der Waals surface area contributed by atoms with E-state index in [4.69, 9.17) is 20.0 Å². The Hall–Kier alpha value is -2.28. The van der Waals surface area contributed by atoms with Gasteiger partial charge in [-0.1, -0.05) is 23.4 Å². The number of carbonyl (C=O) groups is 1. The van der Waals surface area contributed by atoms with Gasteiger partial charge in [0, 0.05) is 19.5 Å². The molecule has 0 aliphatic carbocycles. The second-order valence-corrected chi connectivity index (χ2v) is 5.55. The monoisotopic (exact) mass is 335 g/mol. The molecule has 0 atom stereocenters. The van der Waals surface area contributed by atoms with Crippen LogP contribution in [0.3, 0.4) is 0 Å². The molecule has 1 heterocycles. The molecule has 2 rings (SSSR count). The SMILES string of the molecule is Cc1ccccc1OCCCO/N=C(\N)CC(=O)N1CCOCC1. The number of hydrogen-bond acceptors (Lipinski definition) is 5. The summed E-state index contributed by atoms with van der Waals surface area (Å²) in [5.74, 6) is 1.01. The predicted octanol–water partition coefficient (Wildman–Crippen LogP) is 1.30. The number of benzene rings is 1. The van der Waals surface area contributed by atoms with Crippen LogP contribution in [-0.2, 0) is 14.4 Å². The van der Waals surface area contributed by atoms with Gasteiger partial charge in [-0.05, 0) is 18.6 Å². The molecule has 132 valence electrons. The molecule has 0 radical (unpaired) electrons. The number of amides is 1. The van der Waals surface area contributed by atoms with Gasteiger partial charge in [0.25, 0.3) is 0 Å². The van der Waals surface area contributed by atoms with Crippen LogP contribution < -0.4 is 10.5 Å². The van der Waals surface area contributed by atoms with Crippen molar-refractivity contribution in [1.82, 2.24) is 4.90 Å². The molecule has 7 heteroatoms. The Bertz CT molecular complexity index is 557. The van der Waals surface area contributed by atoms with Crippen LogP contribution in [0.1, 0.15) is 18.4 Å². The lowest BCUT2D eigenvalue weighted by molar-refractivity contribution is -0.133. The molecular weight excluding hydrogens is 310 g/mol. The highest BCUT2D eigenvalue weighted by atomic mass is 16.6. The normalized spacial score (nSPS) is 15.2. The summed E-state index contributed by atoms with van der Waals surface area (Å²) < 4.78 is 10.9. The fraction of sp³-hybridized carbons (Fsp3) is 0.529. The molecule has 1 aliphatic heterocycles. The average molecular weight is 335 g/mol. The highest BCUT2D eigenvalue weighted by Gasteiger charge is 2.17. The second-order valence-electron chi connectivity index (χ2n) is 5.55. The number of rotatable bonds is 8. The highest BCUT2D eigenvalue weighted by Crippen LogP contribution is 2.16. The summed E-state index contributed by atoms with van der Waals surface area (Å²) in [6.07, 6.45) is 0.752. The third kappa shape index (κ3) is 6.08. The largest absolute Gasteiger partial charge is 0.493 e. The minimum Gasteiger partial charge on any atom is -0.493 e. The van der Waals surface area contributed by atoms with Crippen molar-refractivity contribution in [2.24, 2.45) is 10.9 Å². The lowest BCUT2D eigenvalue weighted by Gasteiger charge is -2.26. The maximum absolute atomic E-state index is 12.0. The van der Waals surface area contributed by atoms with Gasteiger partial charge >= 0.3 is 0 Å². The first kappa shape index (κ1) is 18.1. The van der Waals surface area contributed by atoms with Crippen molar-refractivity contribution in [3.63, 3.8) is 0 Å². The number of nitrogens with two attached hydrogens (primary N) is 1. The standard InChI is InChI=1S/C17H25N3O4/c1-14-5-2-3-6-15(14)23-9-4-10-24-19-16(18)13-17(21)20-7-11-22-12-8-20/h2-3,5-6H,4,7-13H2,1H3,(H2,18,19). The highest BCUT2D eigenvalue weighted by molar-refractivity contribution is 5.98. The number of hydrogen-bond donors (Lipinski definition) is 1. The molecule has 1 aliphatic rings. The molecule has 1 amide bonds. The zero-order valence-corrected chi connectivity index (χ0v) is 14.1. The first-order valence-electron chi connectivity index (χ1n) is 8.15. The van der Waals surface area contributed by atoms with Crippen molar-refractivity contribution in [2.75, 3.05) is 39.5 Å². The first-order chi connectivity index (χ1) is 11.7. The van der Waals surface area contributed by atoms with Crippen molar-refractivity contribution in [3.8, 4) is 5.75 Å². The Morgan fingerprint density at radius 1 is 1.29 bits per heavy atom. The topological polar surface area (TPSA) is 86.4 Å². The zero-order chi connectivity index (χ0) is 17.2. The lowest BCUT2D eigenvalue weighted by Crippen LogP contribution is -2.42. The Labute approximate surface area is 142 Å². The van der Waals surface area contributed by atoms with E-state index in [9.17, 15) is 4.79 Å². The summed E-state index contributed by atoms with van der Waals surface area (Å²) in [5, 5.41) is 3.78. The maximum atomic E-state index is 12.0. The molecule has 0 spiro atoms. The minimum atomic E-state index is -0.0500. The third-order valence-corrected chi connectivity index (χ3v) is 3.61. The number of nitrogens with zero attached hydrogens (tertiary/aromatic N) is 2. The van der Waals surface area contributed by atoms with Crippen LogP contribution in [-0.4, -0.2) is 56.2 Å². The Morgan fingerprint density at radius 2 is 2.04 bits per heavy atom. The molecule has 1 aromatic carbocycles. The van der Waals surface area contributed by atoms with Gasteiger partial charge in [-0.25, -0.2) is 0 Å². The van der Waals surface area contributed by atoms with Crippen molar-refractivity contribution in [2.45, 2.75) is 19.8 Å². The van der Waals surface area contributed by atoms with E-state index >= 15 is 0 Å². The van der Waals surface area contributed by atoms with Gasteiger partial charge in [0.15, 0.2) is 0 Å². The van der Waals surface area contributed by atoms with E-state index in [0.717, 1.165) is 11.3 Å². The fourth-order valence-corrected chi connectivity index (χ4v) is 2.26. The summed E-state index contributed by atoms with van der Waals surface area (Å²) in [6.45, 7) is 5.26. The smallest absolute Gasteiger partial charge is 0.230 e. The Morgan fingerprint density at radius 3 is 2.79 bits per heavy atom. The molecule has 1 fully saturated rings. The van der Waals surface area contributed by atoms with Gasteiger partial charge in [-0.3, -0.25) is 4.79 Å². The van der Waals surface area contributed by atoms with E-state index in [1.54, 1.807) is 4.90 Å². The Kier molecular flexibility index (Phi) is 7.35. The third-order valence-electron chi connectivity index (χ3n) is 3.61. The summed E-state index contributed by atoms with van der Waals surface area (Å²) >= 11 is 0. The number of amidine groups is 1. The number of ether oxygens (including phenoxy) is 2. The summed E-state index contributed by atoms with van der Waals surface area (Å²) in [6, 6.07) is 7.85. The average Bonchev–Trinajstić information content (AvgIpc) is 2.60. The summed E-state index contributed by atoms with van der Waals surface area (Å²) in [5.41, 5.74) is 6.82.